The number of carboxylic acids is 1. The summed E-state index contributed by atoms with van der Waals surface area (Å²) in [7, 11) is -3.57. The van der Waals surface area contributed by atoms with Gasteiger partial charge in [-0.25, -0.2) is 13.2 Å². The molecule has 1 fully saturated rings. The molecule has 23 heavy (non-hydrogen) atoms. The largest absolute Gasteiger partial charge is 0.480 e. The van der Waals surface area contributed by atoms with Gasteiger partial charge >= 0.3 is 5.97 Å². The summed E-state index contributed by atoms with van der Waals surface area (Å²) < 4.78 is 26.2. The molecule has 2 N–H and O–H groups in total. The quantitative estimate of drug-likeness (QED) is 0.797. The number of carbonyl (C=O) groups excluding carboxylic acids is 1. The maximum atomic E-state index is 12.4. The molecular weight excluding hydrogens is 340 g/mol. The average Bonchev–Trinajstić information content (AvgIpc) is 3.14. The van der Waals surface area contributed by atoms with Gasteiger partial charge < -0.3 is 10.4 Å². The summed E-state index contributed by atoms with van der Waals surface area (Å²) in [6, 6.07) is 0.302. The van der Waals surface area contributed by atoms with E-state index in [1.54, 1.807) is 13.8 Å². The Morgan fingerprint density at radius 3 is 2.43 bits per heavy atom. The van der Waals surface area contributed by atoms with Crippen molar-refractivity contribution in [2.45, 2.75) is 37.6 Å². The van der Waals surface area contributed by atoms with Crippen molar-refractivity contribution in [3.63, 3.8) is 0 Å². The molecule has 0 aliphatic carbocycles. The Hall–Kier alpha value is -1.45. The van der Waals surface area contributed by atoms with Gasteiger partial charge in [0.15, 0.2) is 0 Å². The fraction of sp³-hybridized carbons (Fsp3) is 0.571. The molecule has 1 saturated heterocycles. The van der Waals surface area contributed by atoms with Crippen molar-refractivity contribution in [3.05, 3.63) is 16.3 Å². The second kappa shape index (κ2) is 6.98. The van der Waals surface area contributed by atoms with Crippen molar-refractivity contribution < 1.29 is 23.1 Å². The van der Waals surface area contributed by atoms with Gasteiger partial charge in [-0.1, -0.05) is 13.8 Å². The van der Waals surface area contributed by atoms with Crippen LogP contribution in [0.15, 0.2) is 16.3 Å². The van der Waals surface area contributed by atoms with E-state index >= 15 is 0 Å². The van der Waals surface area contributed by atoms with Crippen LogP contribution in [0.25, 0.3) is 0 Å². The smallest absolute Gasteiger partial charge is 0.326 e. The van der Waals surface area contributed by atoms with E-state index in [9.17, 15) is 18.0 Å². The fourth-order valence-corrected chi connectivity index (χ4v) is 5.06. The van der Waals surface area contributed by atoms with Gasteiger partial charge in [0.1, 0.15) is 6.04 Å². The molecule has 1 amide bonds. The number of hydrogen-bond donors (Lipinski definition) is 2. The first-order valence-corrected chi connectivity index (χ1v) is 9.68. The summed E-state index contributed by atoms with van der Waals surface area (Å²) in [5.41, 5.74) is 0. The lowest BCUT2D eigenvalue weighted by molar-refractivity contribution is -0.140. The van der Waals surface area contributed by atoms with Crippen molar-refractivity contribution in [3.8, 4) is 0 Å². The van der Waals surface area contributed by atoms with Crippen LogP contribution in [0, 0.1) is 5.92 Å². The summed E-state index contributed by atoms with van der Waals surface area (Å²) in [5, 5.41) is 13.0. The zero-order chi connectivity index (χ0) is 17.2. The van der Waals surface area contributed by atoms with E-state index in [1.165, 1.54) is 15.8 Å². The van der Waals surface area contributed by atoms with Crippen LogP contribution >= 0.6 is 11.3 Å². The van der Waals surface area contributed by atoms with Crippen LogP contribution in [-0.2, 0) is 14.8 Å². The Morgan fingerprint density at radius 1 is 1.30 bits per heavy atom. The normalized spacial score (nSPS) is 17.3. The Balaban J connectivity index is 2.15. The Labute approximate surface area is 139 Å². The second-order valence-corrected chi connectivity index (χ2v) is 8.64. The minimum absolute atomic E-state index is 0.0889. The van der Waals surface area contributed by atoms with E-state index in [0.717, 1.165) is 24.2 Å². The molecule has 0 spiro atoms. The van der Waals surface area contributed by atoms with Crippen molar-refractivity contribution in [1.82, 2.24) is 9.62 Å². The maximum Gasteiger partial charge on any atom is 0.326 e. The van der Waals surface area contributed by atoms with E-state index < -0.39 is 27.9 Å². The molecular formula is C14H20N2O5S2. The second-order valence-electron chi connectivity index (χ2n) is 5.79. The highest BCUT2D eigenvalue weighted by Crippen LogP contribution is 2.25. The summed E-state index contributed by atoms with van der Waals surface area (Å²) >= 11 is 0.998. The molecule has 1 aromatic heterocycles. The van der Waals surface area contributed by atoms with E-state index in [4.69, 9.17) is 5.11 Å². The number of carboxylic acid groups (broad SMARTS) is 1. The lowest BCUT2D eigenvalue weighted by atomic mass is 10.0. The topological polar surface area (TPSA) is 104 Å². The van der Waals surface area contributed by atoms with E-state index in [2.05, 4.69) is 5.32 Å². The Kier molecular flexibility index (Phi) is 5.43. The summed E-state index contributed by atoms with van der Waals surface area (Å²) in [6.07, 6.45) is 1.68. The lowest BCUT2D eigenvalue weighted by Crippen LogP contribution is -2.44. The maximum absolute atomic E-state index is 12.4. The van der Waals surface area contributed by atoms with Crippen LogP contribution in [0.3, 0.4) is 0 Å². The van der Waals surface area contributed by atoms with Gasteiger partial charge in [0.05, 0.1) is 9.77 Å². The van der Waals surface area contributed by atoms with Crippen molar-refractivity contribution in [2.24, 2.45) is 5.92 Å². The Bertz CT molecular complexity index is 690. The van der Waals surface area contributed by atoms with Crippen molar-refractivity contribution >= 4 is 33.2 Å². The molecule has 9 heteroatoms. The predicted octanol–water partition coefficient (Wildman–Crippen LogP) is 1.37. The standard InChI is InChI=1S/C14H20N2O5S2/c1-9(2)12(14(18)19)15-13(17)11-7-10(8-22-11)23(20,21)16-5-3-4-6-16/h7-9,12H,3-6H2,1-2H3,(H,15,17)(H,18,19)/t12-/m0/s1. The molecule has 0 aromatic carbocycles. The summed E-state index contributed by atoms with van der Waals surface area (Å²) in [6.45, 7) is 4.37. The molecule has 1 atom stereocenters. The molecule has 1 aliphatic rings. The number of aliphatic carboxylic acids is 1. The monoisotopic (exact) mass is 360 g/mol. The van der Waals surface area contributed by atoms with Crippen LogP contribution < -0.4 is 5.32 Å². The van der Waals surface area contributed by atoms with E-state index in [0.29, 0.717) is 13.1 Å². The van der Waals surface area contributed by atoms with Gasteiger partial charge in [-0.15, -0.1) is 11.3 Å². The van der Waals surface area contributed by atoms with Gasteiger partial charge in [0.25, 0.3) is 5.91 Å². The minimum atomic E-state index is -3.57. The SMILES string of the molecule is CC(C)[C@H](NC(=O)c1cc(S(=O)(=O)N2CCCC2)cs1)C(=O)O. The molecule has 1 aliphatic heterocycles. The third kappa shape index (κ3) is 3.91. The zero-order valence-corrected chi connectivity index (χ0v) is 14.6. The molecule has 7 nitrogen and oxygen atoms in total. The minimum Gasteiger partial charge on any atom is -0.480 e. The summed E-state index contributed by atoms with van der Waals surface area (Å²) in [4.78, 5) is 23.6. The highest BCUT2D eigenvalue weighted by molar-refractivity contribution is 7.89. The molecule has 128 valence electrons. The number of carbonyl (C=O) groups is 2. The number of hydrogen-bond acceptors (Lipinski definition) is 5. The van der Waals surface area contributed by atoms with Crippen LogP contribution in [0.5, 0.6) is 0 Å². The lowest BCUT2D eigenvalue weighted by Gasteiger charge is -2.17. The average molecular weight is 360 g/mol. The van der Waals surface area contributed by atoms with Crippen LogP contribution in [0.4, 0.5) is 0 Å². The summed E-state index contributed by atoms with van der Waals surface area (Å²) in [5.74, 6) is -1.96. The number of nitrogens with one attached hydrogen (secondary N) is 1. The first-order valence-electron chi connectivity index (χ1n) is 7.36. The van der Waals surface area contributed by atoms with Gasteiger partial charge in [-0.2, -0.15) is 4.31 Å². The number of sulfonamides is 1. The molecule has 2 rings (SSSR count). The van der Waals surface area contributed by atoms with Crippen molar-refractivity contribution in [1.29, 1.82) is 0 Å². The molecule has 2 heterocycles. The van der Waals surface area contributed by atoms with Gasteiger partial charge in [-0.3, -0.25) is 4.79 Å². The number of rotatable bonds is 6. The first-order chi connectivity index (χ1) is 10.7. The predicted molar refractivity (Wildman–Crippen MR) is 86.0 cm³/mol. The van der Waals surface area contributed by atoms with Crippen LogP contribution in [0.1, 0.15) is 36.4 Å². The number of thiophene rings is 1. The molecule has 0 saturated carbocycles. The molecule has 0 bridgehead atoms. The van der Waals surface area contributed by atoms with Crippen LogP contribution in [-0.4, -0.2) is 48.8 Å². The van der Waals surface area contributed by atoms with E-state index in [-0.39, 0.29) is 15.7 Å². The molecule has 0 unspecified atom stereocenters. The first kappa shape index (κ1) is 17.9. The number of amides is 1. The third-order valence-electron chi connectivity index (χ3n) is 3.72. The van der Waals surface area contributed by atoms with Crippen molar-refractivity contribution in [2.75, 3.05) is 13.1 Å². The van der Waals surface area contributed by atoms with Gasteiger partial charge in [-0.05, 0) is 24.8 Å². The van der Waals surface area contributed by atoms with E-state index in [1.807, 2.05) is 0 Å². The van der Waals surface area contributed by atoms with Gasteiger partial charge in [0.2, 0.25) is 10.0 Å². The molecule has 0 radical (unpaired) electrons. The zero-order valence-electron chi connectivity index (χ0n) is 13.0. The third-order valence-corrected chi connectivity index (χ3v) is 6.68. The fourth-order valence-electron chi connectivity index (χ4n) is 2.38. The number of nitrogens with zero attached hydrogens (tertiary/aromatic N) is 1. The highest BCUT2D eigenvalue weighted by Gasteiger charge is 2.30. The Morgan fingerprint density at radius 2 is 1.91 bits per heavy atom. The van der Waals surface area contributed by atoms with Gasteiger partial charge in [0, 0.05) is 18.5 Å². The van der Waals surface area contributed by atoms with Crippen LogP contribution in [0.2, 0.25) is 0 Å². The highest BCUT2D eigenvalue weighted by atomic mass is 32.2. The molecule has 1 aromatic rings.